The number of carbonyl (C=O) groups is 2. The summed E-state index contributed by atoms with van der Waals surface area (Å²) in [6, 6.07) is 19.1. The highest BCUT2D eigenvalue weighted by atomic mass is 35.5. The Morgan fingerprint density at radius 3 is 2.50 bits per heavy atom. The highest BCUT2D eigenvalue weighted by molar-refractivity contribution is 6.42. The summed E-state index contributed by atoms with van der Waals surface area (Å²) >= 11 is 11.9. The molecule has 0 radical (unpaired) electrons. The third-order valence-corrected chi connectivity index (χ3v) is 5.09. The molecule has 3 aromatic rings. The van der Waals surface area contributed by atoms with Crippen molar-refractivity contribution < 1.29 is 23.8 Å². The Kier molecular flexibility index (Phi) is 9.08. The Bertz CT molecular complexity index is 1210. The molecular formula is C25H20Cl2N2O5. The van der Waals surface area contributed by atoms with Crippen LogP contribution in [0.3, 0.4) is 0 Å². The first-order valence-corrected chi connectivity index (χ1v) is 10.7. The van der Waals surface area contributed by atoms with Crippen molar-refractivity contribution in [3.05, 3.63) is 94.0 Å². The molecule has 0 spiro atoms. The second-order valence-electron chi connectivity index (χ2n) is 6.71. The predicted octanol–water partition coefficient (Wildman–Crippen LogP) is 5.15. The van der Waals surface area contributed by atoms with E-state index in [0.717, 1.165) is 5.56 Å². The lowest BCUT2D eigenvalue weighted by atomic mass is 10.2. The van der Waals surface area contributed by atoms with Crippen LogP contribution in [0.5, 0.6) is 17.2 Å². The van der Waals surface area contributed by atoms with Crippen LogP contribution in [-0.2, 0) is 9.59 Å². The van der Waals surface area contributed by atoms with Gasteiger partial charge in [-0.05, 0) is 47.5 Å². The van der Waals surface area contributed by atoms with Crippen molar-refractivity contribution in [1.82, 2.24) is 5.43 Å². The lowest BCUT2D eigenvalue weighted by Gasteiger charge is -2.09. The largest absolute Gasteiger partial charge is 0.493 e. The highest BCUT2D eigenvalue weighted by Gasteiger charge is 2.10. The number of ether oxygens (including phenoxy) is 3. The molecule has 0 aliphatic rings. The maximum Gasteiger partial charge on any atom is 0.336 e. The van der Waals surface area contributed by atoms with E-state index < -0.39 is 11.9 Å². The first kappa shape index (κ1) is 24.8. The lowest BCUT2D eigenvalue weighted by molar-refractivity contribution is -0.129. The van der Waals surface area contributed by atoms with E-state index >= 15 is 0 Å². The highest BCUT2D eigenvalue weighted by Crippen LogP contribution is 2.31. The van der Waals surface area contributed by atoms with Gasteiger partial charge in [0.15, 0.2) is 18.1 Å². The molecule has 0 saturated carbocycles. The van der Waals surface area contributed by atoms with Crippen molar-refractivity contribution >= 4 is 47.4 Å². The van der Waals surface area contributed by atoms with Crippen LogP contribution in [0.2, 0.25) is 10.0 Å². The fraction of sp³-hybridized carbons (Fsp3) is 0.0800. The summed E-state index contributed by atoms with van der Waals surface area (Å²) in [5, 5.41) is 4.44. The van der Waals surface area contributed by atoms with Gasteiger partial charge in [-0.2, -0.15) is 5.10 Å². The standard InChI is InChI=1S/C25H20Cl2N2O5/c1-32-22-14-18(10-12-20(22)34-24(31)13-11-17-6-3-2-4-7-17)15-28-29-23(30)16-33-21-9-5-8-19(26)25(21)27/h2-15H,16H2,1H3,(H,29,30)/b13-11+,28-15+. The van der Waals surface area contributed by atoms with Crippen LogP contribution in [0, 0.1) is 0 Å². The molecule has 0 unspecified atom stereocenters. The third-order valence-electron chi connectivity index (χ3n) is 4.29. The number of rotatable bonds is 9. The Labute approximate surface area is 206 Å². The number of benzene rings is 3. The molecule has 0 aliphatic heterocycles. The number of carbonyl (C=O) groups excluding carboxylic acids is 2. The molecule has 174 valence electrons. The molecule has 3 aromatic carbocycles. The first-order chi connectivity index (χ1) is 16.5. The SMILES string of the molecule is COc1cc(/C=N/NC(=O)COc2cccc(Cl)c2Cl)ccc1OC(=O)/C=C/c1ccccc1. The number of nitrogens with one attached hydrogen (secondary N) is 1. The summed E-state index contributed by atoms with van der Waals surface area (Å²) < 4.78 is 16.0. The van der Waals surface area contributed by atoms with E-state index in [1.165, 1.54) is 19.4 Å². The van der Waals surface area contributed by atoms with Gasteiger partial charge in [0.05, 0.1) is 18.3 Å². The topological polar surface area (TPSA) is 86.2 Å². The van der Waals surface area contributed by atoms with E-state index in [1.54, 1.807) is 42.5 Å². The fourth-order valence-electron chi connectivity index (χ4n) is 2.67. The average Bonchev–Trinajstić information content (AvgIpc) is 2.85. The summed E-state index contributed by atoms with van der Waals surface area (Å²) in [6.07, 6.45) is 4.40. The molecule has 0 aliphatic carbocycles. The van der Waals surface area contributed by atoms with Gasteiger partial charge in [-0.1, -0.05) is 59.6 Å². The van der Waals surface area contributed by atoms with Crippen molar-refractivity contribution in [3.63, 3.8) is 0 Å². The molecule has 34 heavy (non-hydrogen) atoms. The number of halogens is 2. The summed E-state index contributed by atoms with van der Waals surface area (Å²) in [5.41, 5.74) is 3.83. The van der Waals surface area contributed by atoms with E-state index in [9.17, 15) is 9.59 Å². The monoisotopic (exact) mass is 498 g/mol. The molecule has 1 amide bonds. The average molecular weight is 499 g/mol. The maximum absolute atomic E-state index is 12.1. The van der Waals surface area contributed by atoms with Gasteiger partial charge in [-0.3, -0.25) is 4.79 Å². The fourth-order valence-corrected chi connectivity index (χ4v) is 3.02. The van der Waals surface area contributed by atoms with Crippen molar-refractivity contribution in [2.45, 2.75) is 0 Å². The normalized spacial score (nSPS) is 10.9. The van der Waals surface area contributed by atoms with Crippen molar-refractivity contribution in [1.29, 1.82) is 0 Å². The zero-order chi connectivity index (χ0) is 24.3. The summed E-state index contributed by atoms with van der Waals surface area (Å²) in [7, 11) is 1.45. The van der Waals surface area contributed by atoms with Crippen molar-refractivity contribution in [2.24, 2.45) is 5.10 Å². The van der Waals surface area contributed by atoms with Gasteiger partial charge in [0.2, 0.25) is 0 Å². The number of hydrazone groups is 1. The minimum absolute atomic E-state index is 0.226. The maximum atomic E-state index is 12.1. The zero-order valence-corrected chi connectivity index (χ0v) is 19.5. The first-order valence-electron chi connectivity index (χ1n) is 9.98. The smallest absolute Gasteiger partial charge is 0.336 e. The minimum Gasteiger partial charge on any atom is -0.493 e. The van der Waals surface area contributed by atoms with Crippen LogP contribution < -0.4 is 19.6 Å². The number of esters is 1. The van der Waals surface area contributed by atoms with E-state index in [1.807, 2.05) is 30.3 Å². The van der Waals surface area contributed by atoms with Gasteiger partial charge in [0, 0.05) is 6.08 Å². The van der Waals surface area contributed by atoms with Crippen LogP contribution in [-0.4, -0.2) is 31.8 Å². The molecule has 1 N–H and O–H groups in total. The van der Waals surface area contributed by atoms with Crippen LogP contribution in [0.4, 0.5) is 0 Å². The molecule has 3 rings (SSSR count). The number of methoxy groups -OCH3 is 1. The van der Waals surface area contributed by atoms with E-state index in [0.29, 0.717) is 22.1 Å². The third kappa shape index (κ3) is 7.37. The van der Waals surface area contributed by atoms with Crippen molar-refractivity contribution in [2.75, 3.05) is 13.7 Å². The van der Waals surface area contributed by atoms with E-state index in [2.05, 4.69) is 10.5 Å². The van der Waals surface area contributed by atoms with E-state index in [4.69, 9.17) is 37.4 Å². The quantitative estimate of drug-likeness (QED) is 0.145. The van der Waals surface area contributed by atoms with Crippen molar-refractivity contribution in [3.8, 4) is 17.2 Å². The second-order valence-corrected chi connectivity index (χ2v) is 7.49. The minimum atomic E-state index is -0.546. The van der Waals surface area contributed by atoms with Gasteiger partial charge >= 0.3 is 5.97 Å². The van der Waals surface area contributed by atoms with Gasteiger partial charge < -0.3 is 14.2 Å². The van der Waals surface area contributed by atoms with Gasteiger partial charge in [0.1, 0.15) is 10.8 Å². The number of hydrogen-bond donors (Lipinski definition) is 1. The molecular weight excluding hydrogens is 479 g/mol. The Morgan fingerprint density at radius 1 is 0.941 bits per heavy atom. The second kappa shape index (κ2) is 12.4. The lowest BCUT2D eigenvalue weighted by Crippen LogP contribution is -2.24. The van der Waals surface area contributed by atoms with Gasteiger partial charge in [-0.25, -0.2) is 10.2 Å². The van der Waals surface area contributed by atoms with E-state index in [-0.39, 0.29) is 17.4 Å². The van der Waals surface area contributed by atoms with Crippen LogP contribution in [0.15, 0.2) is 77.9 Å². The Hall–Kier alpha value is -3.81. The van der Waals surface area contributed by atoms with Gasteiger partial charge in [0.25, 0.3) is 5.91 Å². The van der Waals surface area contributed by atoms with Crippen LogP contribution in [0.25, 0.3) is 6.08 Å². The molecule has 7 nitrogen and oxygen atoms in total. The zero-order valence-electron chi connectivity index (χ0n) is 18.0. The number of amides is 1. The van der Waals surface area contributed by atoms with Crippen LogP contribution >= 0.6 is 23.2 Å². The molecule has 0 heterocycles. The van der Waals surface area contributed by atoms with Gasteiger partial charge in [-0.15, -0.1) is 0 Å². The summed E-state index contributed by atoms with van der Waals surface area (Å²) in [5.74, 6) is -0.165. The summed E-state index contributed by atoms with van der Waals surface area (Å²) in [4.78, 5) is 24.1. The number of nitrogens with zero attached hydrogens (tertiary/aromatic N) is 1. The molecule has 9 heteroatoms. The molecule has 0 saturated heterocycles. The predicted molar refractivity (Wildman–Crippen MR) is 132 cm³/mol. The molecule has 0 atom stereocenters. The van der Waals surface area contributed by atoms with Crippen LogP contribution in [0.1, 0.15) is 11.1 Å². The Balaban J connectivity index is 1.54. The summed E-state index contributed by atoms with van der Waals surface area (Å²) in [6.45, 7) is -0.299. The molecule has 0 fully saturated rings. The molecule has 0 aromatic heterocycles. The number of hydrogen-bond acceptors (Lipinski definition) is 6. The molecule has 0 bridgehead atoms. The Morgan fingerprint density at radius 2 is 1.74 bits per heavy atom.